The summed E-state index contributed by atoms with van der Waals surface area (Å²) in [6, 6.07) is 9.36. The molecule has 0 aliphatic carbocycles. The minimum absolute atomic E-state index is 0.177. The van der Waals surface area contributed by atoms with Crippen molar-refractivity contribution in [1.82, 2.24) is 15.2 Å². The second-order valence-electron chi connectivity index (χ2n) is 5.29. The van der Waals surface area contributed by atoms with Crippen LogP contribution in [0.15, 0.2) is 42.6 Å². The van der Waals surface area contributed by atoms with Crippen LogP contribution in [0.1, 0.15) is 11.1 Å². The van der Waals surface area contributed by atoms with E-state index >= 15 is 0 Å². The Labute approximate surface area is 137 Å². The van der Waals surface area contributed by atoms with Gasteiger partial charge in [0.15, 0.2) is 17.5 Å². The molecule has 3 rings (SSSR count). The van der Waals surface area contributed by atoms with Gasteiger partial charge in [-0.15, -0.1) is 5.10 Å². The monoisotopic (exact) mass is 327 g/mol. The number of anilines is 4. The number of hydrogen-bond donors (Lipinski definition) is 2. The molecule has 1 heterocycles. The zero-order chi connectivity index (χ0) is 17.1. The van der Waals surface area contributed by atoms with E-state index in [1.54, 1.807) is 0 Å². The first kappa shape index (κ1) is 15.8. The molecule has 0 atom stereocenters. The average Bonchev–Trinajstić information content (AvgIpc) is 2.56. The number of benzene rings is 2. The molecule has 2 N–H and O–H groups in total. The standard InChI is InChI=1S/C17H15F2N5/c1-10-4-3-5-15(11(10)2)22-16-9-20-24-17(23-16)21-12-6-7-13(18)14(19)8-12/h3-9H,1-2H3,(H2,21,22,23,24). The third-order valence-corrected chi connectivity index (χ3v) is 3.60. The van der Waals surface area contributed by atoms with Crippen molar-refractivity contribution >= 4 is 23.1 Å². The van der Waals surface area contributed by atoms with Crippen molar-refractivity contribution in [2.75, 3.05) is 10.6 Å². The molecule has 2 aromatic carbocycles. The Hall–Kier alpha value is -3.09. The van der Waals surface area contributed by atoms with Crippen molar-refractivity contribution < 1.29 is 8.78 Å². The van der Waals surface area contributed by atoms with Crippen molar-refractivity contribution in [3.8, 4) is 0 Å². The van der Waals surface area contributed by atoms with Gasteiger partial charge in [0.25, 0.3) is 0 Å². The molecular weight excluding hydrogens is 312 g/mol. The van der Waals surface area contributed by atoms with Crippen LogP contribution in [-0.4, -0.2) is 15.2 Å². The highest BCUT2D eigenvalue weighted by atomic mass is 19.2. The maximum Gasteiger partial charge on any atom is 0.249 e. The van der Waals surface area contributed by atoms with Gasteiger partial charge in [-0.3, -0.25) is 0 Å². The maximum absolute atomic E-state index is 13.2. The highest BCUT2D eigenvalue weighted by Gasteiger charge is 2.07. The van der Waals surface area contributed by atoms with Crippen LogP contribution in [0.2, 0.25) is 0 Å². The Bertz CT molecular complexity index is 883. The summed E-state index contributed by atoms with van der Waals surface area (Å²) in [6.07, 6.45) is 1.48. The van der Waals surface area contributed by atoms with Crippen molar-refractivity contribution in [2.45, 2.75) is 13.8 Å². The minimum Gasteiger partial charge on any atom is -0.339 e. The number of rotatable bonds is 4. The molecule has 0 radical (unpaired) electrons. The van der Waals surface area contributed by atoms with E-state index in [1.165, 1.54) is 12.3 Å². The van der Waals surface area contributed by atoms with E-state index in [2.05, 4.69) is 25.8 Å². The summed E-state index contributed by atoms with van der Waals surface area (Å²) in [7, 11) is 0. The van der Waals surface area contributed by atoms with Gasteiger partial charge < -0.3 is 10.6 Å². The third-order valence-electron chi connectivity index (χ3n) is 3.60. The molecule has 0 fully saturated rings. The molecule has 0 spiro atoms. The van der Waals surface area contributed by atoms with Crippen LogP contribution in [0, 0.1) is 25.5 Å². The van der Waals surface area contributed by atoms with Crippen molar-refractivity contribution in [1.29, 1.82) is 0 Å². The molecule has 5 nitrogen and oxygen atoms in total. The predicted molar refractivity (Wildman–Crippen MR) is 88.7 cm³/mol. The van der Waals surface area contributed by atoms with Crippen molar-refractivity contribution in [3.63, 3.8) is 0 Å². The topological polar surface area (TPSA) is 62.7 Å². The molecule has 7 heteroatoms. The number of nitrogens with one attached hydrogen (secondary N) is 2. The summed E-state index contributed by atoms with van der Waals surface area (Å²) < 4.78 is 26.2. The van der Waals surface area contributed by atoms with Gasteiger partial charge in [0.05, 0.1) is 6.20 Å². The largest absolute Gasteiger partial charge is 0.339 e. The first-order valence-corrected chi connectivity index (χ1v) is 7.28. The molecule has 0 aliphatic rings. The van der Waals surface area contributed by atoms with E-state index in [0.29, 0.717) is 11.5 Å². The molecular formula is C17H15F2N5. The van der Waals surface area contributed by atoms with Crippen LogP contribution in [0.5, 0.6) is 0 Å². The van der Waals surface area contributed by atoms with E-state index < -0.39 is 11.6 Å². The van der Waals surface area contributed by atoms with Crippen molar-refractivity contribution in [3.05, 3.63) is 65.4 Å². The summed E-state index contributed by atoms with van der Waals surface area (Å²) in [5, 5.41) is 13.7. The lowest BCUT2D eigenvalue weighted by Gasteiger charge is -2.11. The molecule has 0 unspecified atom stereocenters. The normalized spacial score (nSPS) is 10.5. The van der Waals surface area contributed by atoms with Crippen LogP contribution in [-0.2, 0) is 0 Å². The number of halogens is 2. The van der Waals surface area contributed by atoms with Crippen LogP contribution in [0.25, 0.3) is 0 Å². The smallest absolute Gasteiger partial charge is 0.249 e. The molecule has 0 saturated carbocycles. The van der Waals surface area contributed by atoms with Gasteiger partial charge in [0, 0.05) is 17.4 Å². The van der Waals surface area contributed by atoms with Gasteiger partial charge in [-0.05, 0) is 43.2 Å². The fourth-order valence-electron chi connectivity index (χ4n) is 2.14. The molecule has 122 valence electrons. The van der Waals surface area contributed by atoms with Crippen LogP contribution in [0.3, 0.4) is 0 Å². The van der Waals surface area contributed by atoms with Gasteiger partial charge >= 0.3 is 0 Å². The maximum atomic E-state index is 13.2. The minimum atomic E-state index is -0.947. The lowest BCUT2D eigenvalue weighted by molar-refractivity contribution is 0.509. The number of nitrogens with zero attached hydrogens (tertiary/aromatic N) is 3. The molecule has 24 heavy (non-hydrogen) atoms. The van der Waals surface area contributed by atoms with E-state index in [-0.39, 0.29) is 5.95 Å². The summed E-state index contributed by atoms with van der Waals surface area (Å²) >= 11 is 0. The summed E-state index contributed by atoms with van der Waals surface area (Å²) in [6.45, 7) is 4.03. The van der Waals surface area contributed by atoms with Gasteiger partial charge in [-0.1, -0.05) is 12.1 Å². The third kappa shape index (κ3) is 3.45. The zero-order valence-corrected chi connectivity index (χ0v) is 13.1. The highest BCUT2D eigenvalue weighted by Crippen LogP contribution is 2.22. The molecule has 1 aromatic heterocycles. The summed E-state index contributed by atoms with van der Waals surface area (Å²) in [5.74, 6) is -1.19. The second-order valence-corrected chi connectivity index (χ2v) is 5.29. The van der Waals surface area contributed by atoms with Crippen LogP contribution < -0.4 is 10.6 Å². The lowest BCUT2D eigenvalue weighted by Crippen LogP contribution is -2.03. The summed E-state index contributed by atoms with van der Waals surface area (Å²) in [4.78, 5) is 4.27. The fourth-order valence-corrected chi connectivity index (χ4v) is 2.14. The SMILES string of the molecule is Cc1cccc(Nc2cnnc(Nc3ccc(F)c(F)c3)n2)c1C. The van der Waals surface area contributed by atoms with Crippen LogP contribution >= 0.6 is 0 Å². The zero-order valence-electron chi connectivity index (χ0n) is 13.1. The molecule has 3 aromatic rings. The Balaban J connectivity index is 1.81. The Morgan fingerprint density at radius 1 is 0.958 bits per heavy atom. The predicted octanol–water partition coefficient (Wildman–Crippen LogP) is 4.25. The Kier molecular flexibility index (Phi) is 4.33. The average molecular weight is 327 g/mol. The Morgan fingerprint density at radius 3 is 2.58 bits per heavy atom. The van der Waals surface area contributed by atoms with Crippen molar-refractivity contribution in [2.24, 2.45) is 0 Å². The molecule has 0 saturated heterocycles. The second kappa shape index (κ2) is 6.57. The van der Waals surface area contributed by atoms with E-state index in [9.17, 15) is 8.78 Å². The van der Waals surface area contributed by atoms with Gasteiger partial charge in [-0.2, -0.15) is 10.1 Å². The van der Waals surface area contributed by atoms with E-state index in [0.717, 1.165) is 28.9 Å². The van der Waals surface area contributed by atoms with Crippen LogP contribution in [0.4, 0.5) is 31.9 Å². The first-order chi connectivity index (χ1) is 11.5. The van der Waals surface area contributed by atoms with Gasteiger partial charge in [0.1, 0.15) is 0 Å². The fraction of sp³-hybridized carbons (Fsp3) is 0.118. The first-order valence-electron chi connectivity index (χ1n) is 7.28. The number of hydrogen-bond acceptors (Lipinski definition) is 5. The van der Waals surface area contributed by atoms with Gasteiger partial charge in [0.2, 0.25) is 5.95 Å². The van der Waals surface area contributed by atoms with E-state index in [1.807, 2.05) is 32.0 Å². The molecule has 0 bridgehead atoms. The van der Waals surface area contributed by atoms with E-state index in [4.69, 9.17) is 0 Å². The molecule has 0 aliphatic heterocycles. The summed E-state index contributed by atoms with van der Waals surface area (Å²) in [5.41, 5.74) is 3.50. The Morgan fingerprint density at radius 2 is 1.79 bits per heavy atom. The highest BCUT2D eigenvalue weighted by molar-refractivity contribution is 5.62. The lowest BCUT2D eigenvalue weighted by atomic mass is 10.1. The number of aryl methyl sites for hydroxylation is 1. The molecule has 0 amide bonds. The quantitative estimate of drug-likeness (QED) is 0.750. The number of aromatic nitrogens is 3. The van der Waals surface area contributed by atoms with Gasteiger partial charge in [-0.25, -0.2) is 8.78 Å².